The molecule has 3 N–H and O–H groups in total. The number of nitrogens with two attached hydrogens (primary N) is 1. The van der Waals surface area contributed by atoms with Crippen molar-refractivity contribution in [1.29, 1.82) is 0 Å². The molecule has 1 aromatic heterocycles. The van der Waals surface area contributed by atoms with Gasteiger partial charge in [0.1, 0.15) is 0 Å². The molecule has 0 radical (unpaired) electrons. The molecule has 3 heterocycles. The molecule has 0 saturated carbocycles. The van der Waals surface area contributed by atoms with Gasteiger partial charge in [-0.15, -0.1) is 11.3 Å². The Bertz CT molecular complexity index is 487. The Hall–Kier alpha value is -0.910. The molecule has 2 saturated heterocycles. The summed E-state index contributed by atoms with van der Waals surface area (Å²) in [7, 11) is 0. The molecular formula is C15H23N3OS. The van der Waals surface area contributed by atoms with Crippen molar-refractivity contribution in [1.82, 2.24) is 10.2 Å². The molecule has 2 aliphatic heterocycles. The number of carbonyl (C=O) groups excluding carboxylic acids is 1. The van der Waals surface area contributed by atoms with Crippen LogP contribution in [0.3, 0.4) is 0 Å². The summed E-state index contributed by atoms with van der Waals surface area (Å²) in [6.45, 7) is 4.93. The molecule has 2 aliphatic rings. The van der Waals surface area contributed by atoms with E-state index in [1.807, 2.05) is 11.3 Å². The van der Waals surface area contributed by atoms with E-state index in [1.165, 1.54) is 10.4 Å². The summed E-state index contributed by atoms with van der Waals surface area (Å²) in [5, 5.41) is 5.30. The van der Waals surface area contributed by atoms with Crippen molar-refractivity contribution in [3.05, 3.63) is 21.9 Å². The van der Waals surface area contributed by atoms with Crippen molar-refractivity contribution in [3.63, 3.8) is 0 Å². The van der Waals surface area contributed by atoms with Gasteiger partial charge in [-0.05, 0) is 42.7 Å². The molecule has 1 amide bonds. The molecule has 5 heteroatoms. The number of rotatable bonds is 3. The van der Waals surface area contributed by atoms with Crippen molar-refractivity contribution in [2.24, 2.45) is 11.7 Å². The zero-order valence-electron chi connectivity index (χ0n) is 12.0. The minimum atomic E-state index is 0.226. The molecule has 0 aromatic carbocycles. The van der Waals surface area contributed by atoms with Crippen LogP contribution in [0, 0.1) is 12.8 Å². The molecule has 1 aromatic rings. The first-order valence-corrected chi connectivity index (χ1v) is 8.34. The van der Waals surface area contributed by atoms with Crippen molar-refractivity contribution in [2.75, 3.05) is 19.6 Å². The third-order valence-electron chi connectivity index (χ3n) is 4.72. The van der Waals surface area contributed by atoms with Gasteiger partial charge < -0.3 is 11.1 Å². The summed E-state index contributed by atoms with van der Waals surface area (Å²) in [6.07, 6.45) is 2.76. The van der Waals surface area contributed by atoms with E-state index >= 15 is 0 Å². The molecule has 0 spiro atoms. The number of piperidine rings is 2. The Balaban J connectivity index is 1.72. The lowest BCUT2D eigenvalue weighted by molar-refractivity contribution is -0.125. The maximum Gasteiger partial charge on any atom is 0.220 e. The highest BCUT2D eigenvalue weighted by atomic mass is 32.1. The molecule has 2 fully saturated rings. The second-order valence-corrected chi connectivity index (χ2v) is 6.92. The first-order valence-electron chi connectivity index (χ1n) is 7.46. The van der Waals surface area contributed by atoms with Crippen LogP contribution in [0.2, 0.25) is 0 Å². The molecule has 0 bridgehead atoms. The number of fused-ring (bicyclic) bond motifs is 1. The first kappa shape index (κ1) is 14.0. The Morgan fingerprint density at radius 1 is 1.55 bits per heavy atom. The van der Waals surface area contributed by atoms with E-state index in [-0.39, 0.29) is 5.91 Å². The molecule has 4 nitrogen and oxygen atoms in total. The topological polar surface area (TPSA) is 58.4 Å². The predicted molar refractivity (Wildman–Crippen MR) is 81.7 cm³/mol. The Morgan fingerprint density at radius 3 is 3.10 bits per heavy atom. The minimum Gasteiger partial charge on any atom is -0.353 e. The fourth-order valence-electron chi connectivity index (χ4n) is 3.57. The predicted octanol–water partition coefficient (Wildman–Crippen LogP) is 1.66. The highest BCUT2D eigenvalue weighted by molar-refractivity contribution is 7.10. The van der Waals surface area contributed by atoms with Gasteiger partial charge in [-0.3, -0.25) is 9.69 Å². The van der Waals surface area contributed by atoms with E-state index in [0.29, 0.717) is 31.0 Å². The smallest absolute Gasteiger partial charge is 0.220 e. The summed E-state index contributed by atoms with van der Waals surface area (Å²) >= 11 is 1.81. The van der Waals surface area contributed by atoms with E-state index in [2.05, 4.69) is 28.6 Å². The number of likely N-dealkylation sites (tertiary alicyclic amines) is 1. The lowest BCUT2D eigenvalue weighted by atomic mass is 9.84. The van der Waals surface area contributed by atoms with Crippen LogP contribution in [0.4, 0.5) is 0 Å². The molecule has 110 valence electrons. The number of amides is 1. The van der Waals surface area contributed by atoms with E-state index in [4.69, 9.17) is 5.73 Å². The average Bonchev–Trinajstić information content (AvgIpc) is 2.86. The third kappa shape index (κ3) is 2.62. The van der Waals surface area contributed by atoms with E-state index in [1.54, 1.807) is 0 Å². The van der Waals surface area contributed by atoms with Crippen LogP contribution in [0.15, 0.2) is 11.4 Å². The van der Waals surface area contributed by atoms with Gasteiger partial charge in [-0.2, -0.15) is 0 Å². The van der Waals surface area contributed by atoms with Gasteiger partial charge in [0.2, 0.25) is 5.91 Å². The summed E-state index contributed by atoms with van der Waals surface area (Å²) in [6, 6.07) is 2.90. The van der Waals surface area contributed by atoms with Crippen LogP contribution < -0.4 is 11.1 Å². The number of carbonyl (C=O) groups is 1. The monoisotopic (exact) mass is 293 g/mol. The molecular weight excluding hydrogens is 270 g/mol. The molecule has 3 rings (SSSR count). The lowest BCUT2D eigenvalue weighted by Gasteiger charge is -2.44. The van der Waals surface area contributed by atoms with Crippen molar-refractivity contribution >= 4 is 17.2 Å². The fourth-order valence-corrected chi connectivity index (χ4v) is 4.64. The number of nitrogens with one attached hydrogen (secondary N) is 1. The fraction of sp³-hybridized carbons (Fsp3) is 0.667. The van der Waals surface area contributed by atoms with Crippen LogP contribution in [0.1, 0.15) is 35.7 Å². The molecule has 0 aliphatic carbocycles. The zero-order chi connectivity index (χ0) is 14.1. The van der Waals surface area contributed by atoms with Crippen LogP contribution in [0.5, 0.6) is 0 Å². The Morgan fingerprint density at radius 2 is 2.40 bits per heavy atom. The van der Waals surface area contributed by atoms with Crippen molar-refractivity contribution in [3.8, 4) is 0 Å². The van der Waals surface area contributed by atoms with Crippen LogP contribution >= 0.6 is 11.3 Å². The second-order valence-electron chi connectivity index (χ2n) is 5.98. The van der Waals surface area contributed by atoms with E-state index in [0.717, 1.165) is 25.9 Å². The van der Waals surface area contributed by atoms with Crippen molar-refractivity contribution < 1.29 is 4.79 Å². The Labute approximate surface area is 124 Å². The number of hydrogen-bond acceptors (Lipinski definition) is 4. The van der Waals surface area contributed by atoms with Gasteiger partial charge in [0.15, 0.2) is 0 Å². The SMILES string of the molecule is Cc1ccsc1C(CN)N1CCC2NC(=O)CCC2C1. The Kier molecular flexibility index (Phi) is 4.10. The van der Waals surface area contributed by atoms with Crippen LogP contribution in [-0.2, 0) is 4.79 Å². The van der Waals surface area contributed by atoms with E-state index < -0.39 is 0 Å². The molecule has 3 atom stereocenters. The summed E-state index contributed by atoms with van der Waals surface area (Å²) in [5.74, 6) is 0.819. The normalized spacial score (nSPS) is 28.8. The summed E-state index contributed by atoms with van der Waals surface area (Å²) < 4.78 is 0. The molecule has 20 heavy (non-hydrogen) atoms. The van der Waals surface area contributed by atoms with Crippen LogP contribution in [0.25, 0.3) is 0 Å². The standard InChI is InChI=1S/C15H23N3OS/c1-10-5-7-20-15(10)13(8-16)18-6-4-12-11(9-18)2-3-14(19)17-12/h5,7,11-13H,2-4,6,8-9,16H2,1H3,(H,17,19). The largest absolute Gasteiger partial charge is 0.353 e. The third-order valence-corrected chi connectivity index (χ3v) is 5.84. The number of thiophene rings is 1. The summed E-state index contributed by atoms with van der Waals surface area (Å²) in [5.41, 5.74) is 7.40. The van der Waals surface area contributed by atoms with E-state index in [9.17, 15) is 4.79 Å². The van der Waals surface area contributed by atoms with Crippen molar-refractivity contribution in [2.45, 2.75) is 38.3 Å². The highest BCUT2D eigenvalue weighted by Gasteiger charge is 2.36. The van der Waals surface area contributed by atoms with Gasteiger partial charge in [-0.25, -0.2) is 0 Å². The maximum atomic E-state index is 11.5. The second kappa shape index (κ2) is 5.84. The lowest BCUT2D eigenvalue weighted by Crippen LogP contribution is -2.55. The number of nitrogens with zero attached hydrogens (tertiary/aromatic N) is 1. The molecule has 3 unspecified atom stereocenters. The maximum absolute atomic E-state index is 11.5. The zero-order valence-corrected chi connectivity index (χ0v) is 12.8. The summed E-state index contributed by atoms with van der Waals surface area (Å²) in [4.78, 5) is 15.4. The van der Waals surface area contributed by atoms with Gasteiger partial charge in [-0.1, -0.05) is 0 Å². The van der Waals surface area contributed by atoms with Gasteiger partial charge in [0, 0.05) is 37.0 Å². The minimum absolute atomic E-state index is 0.226. The number of hydrogen-bond donors (Lipinski definition) is 2. The first-order chi connectivity index (χ1) is 9.69. The quantitative estimate of drug-likeness (QED) is 0.891. The van der Waals surface area contributed by atoms with Gasteiger partial charge >= 0.3 is 0 Å². The number of aryl methyl sites for hydroxylation is 1. The van der Waals surface area contributed by atoms with Gasteiger partial charge in [0.25, 0.3) is 0 Å². The highest BCUT2D eigenvalue weighted by Crippen LogP contribution is 2.33. The van der Waals surface area contributed by atoms with Gasteiger partial charge in [0.05, 0.1) is 6.04 Å². The van der Waals surface area contributed by atoms with Crippen LogP contribution in [-0.4, -0.2) is 36.5 Å². The average molecular weight is 293 g/mol.